The molecule has 1 aliphatic rings. The zero-order valence-electron chi connectivity index (χ0n) is 20.2. The van der Waals surface area contributed by atoms with Crippen LogP contribution in [0.4, 0.5) is 0 Å². The van der Waals surface area contributed by atoms with Crippen LogP contribution in [-0.4, -0.2) is 66.7 Å². The van der Waals surface area contributed by atoms with Crippen LogP contribution in [-0.2, 0) is 43.4 Å². The van der Waals surface area contributed by atoms with E-state index in [0.717, 1.165) is 17.5 Å². The number of hydrogen-bond acceptors (Lipinski definition) is 5. The smallest absolute Gasteiger partial charge is 0.245 e. The molecule has 190 valence electrons. The second-order valence-electron chi connectivity index (χ2n) is 8.59. The van der Waals surface area contributed by atoms with Crippen molar-refractivity contribution in [1.29, 1.82) is 0 Å². The number of carbonyl (C=O) groups excluding carboxylic acids is 5. The molecule has 0 saturated heterocycles. The number of fused-ring (bicyclic) bond motifs is 1. The molecule has 0 fully saturated rings. The van der Waals surface area contributed by atoms with Crippen molar-refractivity contribution in [2.45, 2.75) is 38.4 Å². The van der Waals surface area contributed by atoms with E-state index in [2.05, 4.69) is 27.3 Å². The molecule has 1 aliphatic heterocycles. The summed E-state index contributed by atoms with van der Waals surface area (Å²) in [4.78, 5) is 62.3. The Labute approximate surface area is 209 Å². The molecule has 0 radical (unpaired) electrons. The lowest BCUT2D eigenvalue weighted by Crippen LogP contribution is -2.55. The van der Waals surface area contributed by atoms with Crippen molar-refractivity contribution in [1.82, 2.24) is 26.2 Å². The lowest BCUT2D eigenvalue weighted by molar-refractivity contribution is -0.137. The van der Waals surface area contributed by atoms with Crippen molar-refractivity contribution in [2.75, 3.05) is 19.6 Å². The highest BCUT2D eigenvalue weighted by atomic mass is 16.2. The van der Waals surface area contributed by atoms with E-state index in [1.807, 2.05) is 48.5 Å². The van der Waals surface area contributed by atoms with Gasteiger partial charge in [-0.1, -0.05) is 54.6 Å². The van der Waals surface area contributed by atoms with Crippen LogP contribution >= 0.6 is 0 Å². The van der Waals surface area contributed by atoms with E-state index < -0.39 is 29.8 Å². The molecule has 0 aliphatic carbocycles. The summed E-state index contributed by atoms with van der Waals surface area (Å²) in [6, 6.07) is 15.4. The van der Waals surface area contributed by atoms with E-state index in [-0.39, 0.29) is 25.4 Å². The second kappa shape index (κ2) is 13.0. The zero-order valence-corrected chi connectivity index (χ0v) is 20.2. The number of carbonyl (C=O) groups is 5. The molecule has 2 aromatic carbocycles. The minimum absolute atomic E-state index is 0.197. The van der Waals surface area contributed by atoms with Gasteiger partial charge >= 0.3 is 0 Å². The highest BCUT2D eigenvalue weighted by molar-refractivity contribution is 5.93. The molecular formula is C26H31N5O5. The molecule has 0 bridgehead atoms. The third-order valence-corrected chi connectivity index (χ3v) is 5.90. The number of nitrogens with zero attached hydrogens (tertiary/aromatic N) is 1. The highest BCUT2D eigenvalue weighted by Gasteiger charge is 2.28. The molecule has 10 heteroatoms. The number of benzene rings is 2. The molecule has 0 spiro atoms. The standard InChI is InChI=1S/C26H31N5O5/c1-18(26(36)31-12-11-20-9-5-6-10-21(20)16-31)29-25(35)22(13-19-7-3-2-4-8-19)30-24(34)15-28-23(33)14-27-17-32/h2-10,17-18,22H,11-16H2,1H3,(H,27,32)(H,28,33)(H,29,35)(H,30,34). The Hall–Kier alpha value is -4.21. The van der Waals surface area contributed by atoms with E-state index in [4.69, 9.17) is 0 Å². The average molecular weight is 494 g/mol. The Morgan fingerprint density at radius 1 is 0.917 bits per heavy atom. The van der Waals surface area contributed by atoms with Crippen molar-refractivity contribution in [3.05, 3.63) is 71.3 Å². The molecule has 2 atom stereocenters. The van der Waals surface area contributed by atoms with Gasteiger partial charge in [0.1, 0.15) is 12.1 Å². The lowest BCUT2D eigenvalue weighted by Gasteiger charge is -2.31. The third kappa shape index (κ3) is 7.66. The van der Waals surface area contributed by atoms with Crippen LogP contribution in [0.1, 0.15) is 23.6 Å². The first-order valence-electron chi connectivity index (χ1n) is 11.8. The molecule has 2 unspecified atom stereocenters. The first kappa shape index (κ1) is 26.4. The predicted molar refractivity (Wildman–Crippen MR) is 132 cm³/mol. The molecule has 2 aromatic rings. The molecule has 5 amide bonds. The van der Waals surface area contributed by atoms with Crippen LogP contribution in [0.25, 0.3) is 0 Å². The van der Waals surface area contributed by atoms with Gasteiger partial charge < -0.3 is 26.2 Å². The summed E-state index contributed by atoms with van der Waals surface area (Å²) in [7, 11) is 0. The van der Waals surface area contributed by atoms with Gasteiger partial charge in [0.2, 0.25) is 30.0 Å². The average Bonchev–Trinajstić information content (AvgIpc) is 2.90. The fourth-order valence-corrected chi connectivity index (χ4v) is 4.01. The van der Waals surface area contributed by atoms with Crippen molar-refractivity contribution in [2.24, 2.45) is 0 Å². The van der Waals surface area contributed by atoms with Gasteiger partial charge in [-0.25, -0.2) is 0 Å². The summed E-state index contributed by atoms with van der Waals surface area (Å²) in [5.41, 5.74) is 3.14. The molecule has 1 heterocycles. The van der Waals surface area contributed by atoms with E-state index in [0.29, 0.717) is 19.5 Å². The first-order valence-corrected chi connectivity index (χ1v) is 11.8. The summed E-state index contributed by atoms with van der Waals surface area (Å²) in [6.45, 7) is 2.06. The largest absolute Gasteiger partial charge is 0.350 e. The molecule has 36 heavy (non-hydrogen) atoms. The minimum Gasteiger partial charge on any atom is -0.350 e. The van der Waals surface area contributed by atoms with E-state index in [1.54, 1.807) is 11.8 Å². The lowest BCUT2D eigenvalue weighted by atomic mass is 9.99. The third-order valence-electron chi connectivity index (χ3n) is 5.90. The Balaban J connectivity index is 1.60. The van der Waals surface area contributed by atoms with E-state index >= 15 is 0 Å². The number of rotatable bonds is 11. The Morgan fingerprint density at radius 3 is 2.33 bits per heavy atom. The fraction of sp³-hybridized carbons (Fsp3) is 0.346. The van der Waals surface area contributed by atoms with Crippen molar-refractivity contribution in [3.63, 3.8) is 0 Å². The van der Waals surface area contributed by atoms with Gasteiger partial charge in [0.05, 0.1) is 13.1 Å². The Kier molecular flexibility index (Phi) is 9.56. The maximum atomic E-state index is 13.1. The molecule has 3 rings (SSSR count). The number of amides is 5. The van der Waals surface area contributed by atoms with Crippen LogP contribution in [0.5, 0.6) is 0 Å². The summed E-state index contributed by atoms with van der Waals surface area (Å²) in [6.07, 6.45) is 1.34. The van der Waals surface area contributed by atoms with Gasteiger partial charge in [-0.2, -0.15) is 0 Å². The van der Waals surface area contributed by atoms with Crippen LogP contribution in [0.15, 0.2) is 54.6 Å². The van der Waals surface area contributed by atoms with Crippen molar-refractivity contribution in [3.8, 4) is 0 Å². The van der Waals surface area contributed by atoms with E-state index in [1.165, 1.54) is 5.56 Å². The van der Waals surface area contributed by atoms with Gasteiger partial charge in [-0.15, -0.1) is 0 Å². The molecule has 10 nitrogen and oxygen atoms in total. The summed E-state index contributed by atoms with van der Waals surface area (Å²) in [5.74, 6) is -1.81. The Bertz CT molecular complexity index is 1090. The predicted octanol–water partition coefficient (Wildman–Crippen LogP) is -0.334. The van der Waals surface area contributed by atoms with E-state index in [9.17, 15) is 24.0 Å². The van der Waals surface area contributed by atoms with Crippen molar-refractivity contribution >= 4 is 30.0 Å². The van der Waals surface area contributed by atoms with Gasteiger partial charge in [0.15, 0.2) is 0 Å². The fourth-order valence-electron chi connectivity index (χ4n) is 4.01. The second-order valence-corrected chi connectivity index (χ2v) is 8.59. The van der Waals surface area contributed by atoms with Gasteiger partial charge in [0, 0.05) is 19.5 Å². The molecule has 0 saturated carbocycles. The normalized spacial score (nSPS) is 14.0. The van der Waals surface area contributed by atoms with Crippen molar-refractivity contribution < 1.29 is 24.0 Å². The zero-order chi connectivity index (χ0) is 25.9. The molecule has 4 N–H and O–H groups in total. The topological polar surface area (TPSA) is 137 Å². The number of nitrogens with one attached hydrogen (secondary N) is 4. The summed E-state index contributed by atoms with van der Waals surface area (Å²) in [5, 5.41) is 9.95. The molecule has 0 aromatic heterocycles. The van der Waals surface area contributed by atoms with Crippen LogP contribution in [0, 0.1) is 0 Å². The van der Waals surface area contributed by atoms with Crippen LogP contribution in [0.2, 0.25) is 0 Å². The van der Waals surface area contributed by atoms with Crippen LogP contribution in [0.3, 0.4) is 0 Å². The highest BCUT2D eigenvalue weighted by Crippen LogP contribution is 2.19. The SMILES string of the molecule is CC(NC(=O)C(Cc1ccccc1)NC(=O)CNC(=O)CNC=O)C(=O)N1CCc2ccccc2C1. The Morgan fingerprint density at radius 2 is 1.61 bits per heavy atom. The monoisotopic (exact) mass is 493 g/mol. The maximum absolute atomic E-state index is 13.1. The van der Waals surface area contributed by atoms with Gasteiger partial charge in [-0.3, -0.25) is 24.0 Å². The van der Waals surface area contributed by atoms with Crippen LogP contribution < -0.4 is 21.3 Å². The maximum Gasteiger partial charge on any atom is 0.245 e. The minimum atomic E-state index is -0.956. The molecular weight excluding hydrogens is 462 g/mol. The summed E-state index contributed by atoms with van der Waals surface area (Å²) >= 11 is 0. The number of hydrogen-bond donors (Lipinski definition) is 4. The first-order chi connectivity index (χ1) is 17.4. The van der Waals surface area contributed by atoms with Gasteiger partial charge in [-0.05, 0) is 30.0 Å². The quantitative estimate of drug-likeness (QED) is 0.318. The van der Waals surface area contributed by atoms with Gasteiger partial charge in [0.25, 0.3) is 0 Å². The summed E-state index contributed by atoms with van der Waals surface area (Å²) < 4.78 is 0.